The predicted octanol–water partition coefficient (Wildman–Crippen LogP) is 7.06. The van der Waals surface area contributed by atoms with Gasteiger partial charge in [0.1, 0.15) is 5.75 Å². The number of aromatic nitrogens is 1. The number of methoxy groups -OCH3 is 1. The number of anilines is 1. The van der Waals surface area contributed by atoms with Gasteiger partial charge >= 0.3 is 6.03 Å². The summed E-state index contributed by atoms with van der Waals surface area (Å²) in [7, 11) is 1.61. The lowest BCUT2D eigenvalue weighted by Gasteiger charge is -2.24. The van der Waals surface area contributed by atoms with E-state index in [1.807, 2.05) is 59.5 Å². The van der Waals surface area contributed by atoms with Crippen molar-refractivity contribution < 1.29 is 9.53 Å². The number of fused-ring (bicyclic) bond motifs is 3. The Bertz CT molecular complexity index is 1470. The summed E-state index contributed by atoms with van der Waals surface area (Å²) < 4.78 is 7.77. The van der Waals surface area contributed by atoms with Gasteiger partial charge in [0.05, 0.1) is 12.8 Å². The Morgan fingerprint density at radius 2 is 1.49 bits per heavy atom. The lowest BCUT2D eigenvalue weighted by Crippen LogP contribution is -2.34. The van der Waals surface area contributed by atoms with Crippen molar-refractivity contribution in [3.63, 3.8) is 0 Å². The predicted molar refractivity (Wildman–Crippen MR) is 143 cm³/mol. The summed E-state index contributed by atoms with van der Waals surface area (Å²) >= 11 is 0. The molecule has 5 aromatic rings. The van der Waals surface area contributed by atoms with E-state index < -0.39 is 0 Å². The van der Waals surface area contributed by atoms with Gasteiger partial charge in [-0.05, 0) is 48.4 Å². The smallest absolute Gasteiger partial charge is 0.322 e. The molecule has 0 aliphatic carbocycles. The summed E-state index contributed by atoms with van der Waals surface area (Å²) in [4.78, 5) is 15.3. The fourth-order valence-electron chi connectivity index (χ4n) is 4.71. The van der Waals surface area contributed by atoms with E-state index in [0.717, 1.165) is 17.7 Å². The SMILES string of the molecule is CCn1c2ccccc2c2cc(CN(Cc3ccccc3)C(=O)Nc3ccccc3OC)ccc21. The van der Waals surface area contributed by atoms with E-state index in [1.54, 1.807) is 7.11 Å². The largest absolute Gasteiger partial charge is 0.495 e. The second-order valence-corrected chi connectivity index (χ2v) is 8.59. The molecule has 0 spiro atoms. The Labute approximate surface area is 205 Å². The van der Waals surface area contributed by atoms with Gasteiger partial charge in [0.2, 0.25) is 0 Å². The summed E-state index contributed by atoms with van der Waals surface area (Å²) in [5.74, 6) is 0.634. The molecule has 1 heterocycles. The number of nitrogens with zero attached hydrogens (tertiary/aromatic N) is 2. The molecule has 2 amide bonds. The summed E-state index contributed by atoms with van der Waals surface area (Å²) in [6, 6.07) is 32.4. The van der Waals surface area contributed by atoms with Crippen LogP contribution < -0.4 is 10.1 Å². The third kappa shape index (κ3) is 4.58. The molecule has 0 bridgehead atoms. The van der Waals surface area contributed by atoms with Crippen molar-refractivity contribution in [2.45, 2.75) is 26.6 Å². The highest BCUT2D eigenvalue weighted by molar-refractivity contribution is 6.08. The molecule has 0 atom stereocenters. The number of amides is 2. The van der Waals surface area contributed by atoms with Crippen molar-refractivity contribution in [2.24, 2.45) is 0 Å². The Hall–Kier alpha value is -4.25. The molecule has 4 aromatic carbocycles. The fourth-order valence-corrected chi connectivity index (χ4v) is 4.71. The number of urea groups is 1. The molecule has 0 unspecified atom stereocenters. The van der Waals surface area contributed by atoms with E-state index in [9.17, 15) is 4.79 Å². The zero-order valence-corrected chi connectivity index (χ0v) is 20.1. The third-order valence-corrected chi connectivity index (χ3v) is 6.38. The number of benzene rings is 4. The van der Waals surface area contributed by atoms with Crippen molar-refractivity contribution in [1.29, 1.82) is 0 Å². The van der Waals surface area contributed by atoms with Gasteiger partial charge in [-0.15, -0.1) is 0 Å². The minimum Gasteiger partial charge on any atom is -0.495 e. The third-order valence-electron chi connectivity index (χ3n) is 6.38. The van der Waals surface area contributed by atoms with Gasteiger partial charge in [-0.25, -0.2) is 4.79 Å². The van der Waals surface area contributed by atoms with E-state index >= 15 is 0 Å². The number of hydrogen-bond acceptors (Lipinski definition) is 2. The molecule has 0 radical (unpaired) electrons. The number of nitrogens with one attached hydrogen (secondary N) is 1. The minimum absolute atomic E-state index is 0.172. The minimum atomic E-state index is -0.172. The standard InChI is InChI=1S/C30H29N3O2/c1-3-33-27-15-9-7-13-24(27)25-19-23(17-18-28(25)33)21-32(20-22-11-5-4-6-12-22)30(34)31-26-14-8-10-16-29(26)35-2/h4-19H,3,20-21H2,1-2H3,(H,31,34). The van der Waals surface area contributed by atoms with Crippen LogP contribution in [0.4, 0.5) is 10.5 Å². The molecule has 0 aliphatic rings. The monoisotopic (exact) mass is 463 g/mol. The molecule has 35 heavy (non-hydrogen) atoms. The van der Waals surface area contributed by atoms with Gasteiger partial charge in [0.25, 0.3) is 0 Å². The topological polar surface area (TPSA) is 46.5 Å². The fraction of sp³-hybridized carbons (Fsp3) is 0.167. The van der Waals surface area contributed by atoms with Crippen LogP contribution in [0.15, 0.2) is 97.1 Å². The lowest BCUT2D eigenvalue weighted by molar-refractivity contribution is 0.206. The van der Waals surface area contributed by atoms with Gasteiger partial charge in [0, 0.05) is 41.4 Å². The highest BCUT2D eigenvalue weighted by Gasteiger charge is 2.18. The average molecular weight is 464 g/mol. The van der Waals surface area contributed by atoms with Crippen LogP contribution in [0.5, 0.6) is 5.75 Å². The first-order valence-corrected chi connectivity index (χ1v) is 11.9. The van der Waals surface area contributed by atoms with Crippen LogP contribution in [0, 0.1) is 0 Å². The Morgan fingerprint density at radius 1 is 0.800 bits per heavy atom. The maximum Gasteiger partial charge on any atom is 0.322 e. The molecule has 0 fully saturated rings. The molecule has 5 heteroatoms. The molecule has 0 saturated heterocycles. The van der Waals surface area contributed by atoms with E-state index in [2.05, 4.69) is 59.3 Å². The van der Waals surface area contributed by atoms with Crippen LogP contribution >= 0.6 is 0 Å². The molecule has 0 aliphatic heterocycles. The highest BCUT2D eigenvalue weighted by Crippen LogP contribution is 2.30. The van der Waals surface area contributed by atoms with E-state index in [1.165, 1.54) is 21.8 Å². The average Bonchev–Trinajstić information content (AvgIpc) is 3.22. The van der Waals surface area contributed by atoms with Crippen LogP contribution in [0.2, 0.25) is 0 Å². The first-order chi connectivity index (χ1) is 17.2. The number of carbonyl (C=O) groups excluding carboxylic acids is 1. The number of rotatable bonds is 7. The number of ether oxygens (including phenoxy) is 1. The molecule has 5 nitrogen and oxygen atoms in total. The van der Waals surface area contributed by atoms with Crippen molar-refractivity contribution in [1.82, 2.24) is 9.47 Å². The number of para-hydroxylation sites is 3. The number of carbonyl (C=O) groups is 1. The summed E-state index contributed by atoms with van der Waals surface area (Å²) in [5.41, 5.74) is 5.26. The molecular formula is C30H29N3O2. The molecular weight excluding hydrogens is 434 g/mol. The second-order valence-electron chi connectivity index (χ2n) is 8.59. The van der Waals surface area contributed by atoms with Gasteiger partial charge in [-0.2, -0.15) is 0 Å². The van der Waals surface area contributed by atoms with Gasteiger partial charge in [-0.1, -0.05) is 66.7 Å². The van der Waals surface area contributed by atoms with Crippen LogP contribution in [0.25, 0.3) is 21.8 Å². The van der Waals surface area contributed by atoms with Crippen LogP contribution in [-0.4, -0.2) is 22.6 Å². The van der Waals surface area contributed by atoms with Gasteiger partial charge < -0.3 is 19.5 Å². The first-order valence-electron chi connectivity index (χ1n) is 11.9. The van der Waals surface area contributed by atoms with E-state index in [-0.39, 0.29) is 6.03 Å². The van der Waals surface area contributed by atoms with Crippen molar-refractivity contribution in [3.05, 3.63) is 108 Å². The summed E-state index contributed by atoms with van der Waals surface area (Å²) in [6.07, 6.45) is 0. The number of hydrogen-bond donors (Lipinski definition) is 1. The first kappa shape index (κ1) is 22.5. The Morgan fingerprint density at radius 3 is 2.29 bits per heavy atom. The molecule has 1 aromatic heterocycles. The zero-order valence-electron chi connectivity index (χ0n) is 20.1. The van der Waals surface area contributed by atoms with Crippen LogP contribution in [0.1, 0.15) is 18.1 Å². The Kier molecular flexibility index (Phi) is 6.40. The van der Waals surface area contributed by atoms with Crippen LogP contribution in [0.3, 0.4) is 0 Å². The van der Waals surface area contributed by atoms with Crippen molar-refractivity contribution >= 4 is 33.5 Å². The molecule has 5 rings (SSSR count). The molecule has 1 N–H and O–H groups in total. The maximum atomic E-state index is 13.5. The number of aryl methyl sites for hydroxylation is 1. The van der Waals surface area contributed by atoms with Gasteiger partial charge in [0.15, 0.2) is 0 Å². The zero-order chi connectivity index (χ0) is 24.2. The Balaban J connectivity index is 1.49. The molecule has 0 saturated carbocycles. The summed E-state index contributed by atoms with van der Waals surface area (Å²) in [5, 5.41) is 5.49. The quantitative estimate of drug-likeness (QED) is 0.281. The molecule has 176 valence electrons. The van der Waals surface area contributed by atoms with Crippen molar-refractivity contribution in [3.8, 4) is 5.75 Å². The van der Waals surface area contributed by atoms with E-state index in [4.69, 9.17) is 4.74 Å². The second kappa shape index (κ2) is 9.94. The van der Waals surface area contributed by atoms with Gasteiger partial charge in [-0.3, -0.25) is 0 Å². The highest BCUT2D eigenvalue weighted by atomic mass is 16.5. The van der Waals surface area contributed by atoms with Crippen LogP contribution in [-0.2, 0) is 19.6 Å². The van der Waals surface area contributed by atoms with Crippen molar-refractivity contribution in [2.75, 3.05) is 12.4 Å². The summed E-state index contributed by atoms with van der Waals surface area (Å²) in [6.45, 7) is 4.06. The van der Waals surface area contributed by atoms with E-state index in [0.29, 0.717) is 24.5 Å². The maximum absolute atomic E-state index is 13.5. The normalized spacial score (nSPS) is 11.0. The lowest BCUT2D eigenvalue weighted by atomic mass is 10.1.